The summed E-state index contributed by atoms with van der Waals surface area (Å²) >= 11 is 5.98. The molecule has 1 aliphatic heterocycles. The van der Waals surface area contributed by atoms with E-state index < -0.39 is 10.0 Å². The van der Waals surface area contributed by atoms with Crippen LogP contribution < -0.4 is 14.4 Å². The Kier molecular flexibility index (Phi) is 9.65. The van der Waals surface area contributed by atoms with Crippen molar-refractivity contribution in [1.29, 1.82) is 0 Å². The molecule has 0 aliphatic carbocycles. The number of hydrogen-bond acceptors (Lipinski definition) is 4. The second-order valence-corrected chi connectivity index (χ2v) is 10.5. The maximum absolute atomic E-state index is 13.6. The molecule has 1 unspecified atom stereocenters. The number of sulfonamides is 1. The number of nitrogens with one attached hydrogen (secondary N) is 1. The van der Waals surface area contributed by atoms with Gasteiger partial charge < -0.3 is 10.1 Å². The van der Waals surface area contributed by atoms with Crippen LogP contribution in [0.5, 0.6) is 5.75 Å². The molecular weight excluding hydrogens is 491 g/mol. The van der Waals surface area contributed by atoms with Gasteiger partial charge in [0.1, 0.15) is 5.75 Å². The van der Waals surface area contributed by atoms with E-state index in [9.17, 15) is 8.42 Å². The van der Waals surface area contributed by atoms with Crippen molar-refractivity contribution in [2.45, 2.75) is 43.2 Å². The lowest BCUT2D eigenvalue weighted by atomic mass is 10.0. The van der Waals surface area contributed by atoms with Crippen LogP contribution in [0.4, 0.5) is 5.69 Å². The molecule has 1 N–H and O–H groups in total. The summed E-state index contributed by atoms with van der Waals surface area (Å²) in [7, 11) is -3.81. The van der Waals surface area contributed by atoms with Crippen LogP contribution in [0, 0.1) is 0 Å². The molecule has 0 spiro atoms. The number of piperidine rings is 1. The van der Waals surface area contributed by atoms with Crippen LogP contribution in [-0.2, 0) is 16.6 Å². The molecular formula is C26H30Cl2N2O3S. The van der Waals surface area contributed by atoms with Crippen LogP contribution in [0.25, 0.3) is 0 Å². The Morgan fingerprint density at radius 3 is 2.35 bits per heavy atom. The average Bonchev–Trinajstić information content (AvgIpc) is 2.85. The molecule has 1 atom stereocenters. The zero-order chi connectivity index (χ0) is 23.1. The van der Waals surface area contributed by atoms with Crippen molar-refractivity contribution < 1.29 is 13.2 Å². The Bertz CT molecular complexity index is 1140. The summed E-state index contributed by atoms with van der Waals surface area (Å²) in [6, 6.07) is 23.5. The van der Waals surface area contributed by atoms with Crippen molar-refractivity contribution in [3.8, 4) is 5.75 Å². The van der Waals surface area contributed by atoms with Crippen molar-refractivity contribution in [2.75, 3.05) is 17.5 Å². The number of halogens is 2. The number of nitrogens with zero attached hydrogens (tertiary/aromatic N) is 1. The Labute approximate surface area is 213 Å². The minimum atomic E-state index is -3.81. The monoisotopic (exact) mass is 520 g/mol. The van der Waals surface area contributed by atoms with Gasteiger partial charge in [0.05, 0.1) is 23.7 Å². The van der Waals surface area contributed by atoms with E-state index in [1.165, 1.54) is 35.7 Å². The molecule has 3 aromatic carbocycles. The summed E-state index contributed by atoms with van der Waals surface area (Å²) in [6.07, 6.45) is 4.59. The van der Waals surface area contributed by atoms with Gasteiger partial charge in [-0.25, -0.2) is 8.42 Å². The second kappa shape index (κ2) is 12.5. The Balaban J connectivity index is 0.00000324. The standard InChI is InChI=1S/C26H29ClN2O3S.ClH/c27-22-13-15-25(16-14-22)33(30,31)29(24-10-2-1-3-11-24)20-21-8-4-5-12-26(21)32-19-17-23-9-6-7-18-28-23;/h1-5,8,10-16,23,28H,6-7,9,17-20H2;1H. The number of ether oxygens (including phenoxy) is 1. The number of rotatable bonds is 9. The number of para-hydroxylation sites is 2. The first-order valence-electron chi connectivity index (χ1n) is 11.3. The maximum atomic E-state index is 13.6. The van der Waals surface area contributed by atoms with E-state index in [4.69, 9.17) is 16.3 Å². The van der Waals surface area contributed by atoms with Crippen LogP contribution >= 0.6 is 24.0 Å². The summed E-state index contributed by atoms with van der Waals surface area (Å²) in [5.41, 5.74) is 1.41. The van der Waals surface area contributed by atoms with Crippen LogP contribution in [0.1, 0.15) is 31.2 Å². The molecule has 0 aromatic heterocycles. The number of anilines is 1. The Hall–Kier alpha value is -2.25. The van der Waals surface area contributed by atoms with Crippen molar-refractivity contribution >= 4 is 39.7 Å². The second-order valence-electron chi connectivity index (χ2n) is 8.19. The van der Waals surface area contributed by atoms with Gasteiger partial charge in [-0.3, -0.25) is 4.31 Å². The third-order valence-electron chi connectivity index (χ3n) is 5.87. The quantitative estimate of drug-likeness (QED) is 0.372. The van der Waals surface area contributed by atoms with Crippen molar-refractivity contribution in [1.82, 2.24) is 5.32 Å². The minimum absolute atomic E-state index is 0. The highest BCUT2D eigenvalue weighted by Crippen LogP contribution is 2.29. The summed E-state index contributed by atoms with van der Waals surface area (Å²) in [5, 5.41) is 4.03. The van der Waals surface area contributed by atoms with E-state index in [2.05, 4.69) is 5.32 Å². The van der Waals surface area contributed by atoms with Crippen molar-refractivity contribution in [3.63, 3.8) is 0 Å². The largest absolute Gasteiger partial charge is 0.493 e. The molecule has 5 nitrogen and oxygen atoms in total. The maximum Gasteiger partial charge on any atom is 0.264 e. The van der Waals surface area contributed by atoms with E-state index in [0.29, 0.717) is 29.1 Å². The van der Waals surface area contributed by atoms with E-state index in [1.807, 2.05) is 42.5 Å². The lowest BCUT2D eigenvalue weighted by Crippen LogP contribution is -2.35. The summed E-state index contributed by atoms with van der Waals surface area (Å²) in [5.74, 6) is 0.709. The molecule has 0 radical (unpaired) electrons. The van der Waals surface area contributed by atoms with Gasteiger partial charge in [0.25, 0.3) is 10.0 Å². The molecule has 0 amide bonds. The van der Waals surface area contributed by atoms with Gasteiger partial charge in [-0.15, -0.1) is 12.4 Å². The van der Waals surface area contributed by atoms with Crippen LogP contribution in [0.2, 0.25) is 5.02 Å². The molecule has 8 heteroatoms. The first-order chi connectivity index (χ1) is 16.0. The topological polar surface area (TPSA) is 58.6 Å². The molecule has 0 saturated carbocycles. The first kappa shape index (κ1) is 26.4. The number of benzene rings is 3. The summed E-state index contributed by atoms with van der Waals surface area (Å²) in [4.78, 5) is 0.192. The van der Waals surface area contributed by atoms with Gasteiger partial charge in [-0.05, 0) is 68.3 Å². The average molecular weight is 522 g/mol. The normalized spacial score (nSPS) is 15.9. The molecule has 34 heavy (non-hydrogen) atoms. The zero-order valence-electron chi connectivity index (χ0n) is 18.9. The van der Waals surface area contributed by atoms with E-state index in [0.717, 1.165) is 18.5 Å². The molecule has 1 saturated heterocycles. The minimum Gasteiger partial charge on any atom is -0.493 e. The molecule has 1 fully saturated rings. The molecule has 1 heterocycles. The lowest BCUT2D eigenvalue weighted by Gasteiger charge is -2.26. The lowest BCUT2D eigenvalue weighted by molar-refractivity contribution is 0.266. The summed E-state index contributed by atoms with van der Waals surface area (Å²) < 4.78 is 34.8. The molecule has 3 aromatic rings. The van der Waals surface area contributed by atoms with E-state index >= 15 is 0 Å². The predicted molar refractivity (Wildman–Crippen MR) is 141 cm³/mol. The SMILES string of the molecule is Cl.O=S(=O)(c1ccc(Cl)cc1)N(Cc1ccccc1OCCC1CCCCN1)c1ccccc1. The fourth-order valence-electron chi connectivity index (χ4n) is 4.05. The van der Waals surface area contributed by atoms with E-state index in [-0.39, 0.29) is 23.8 Å². The fourth-order valence-corrected chi connectivity index (χ4v) is 5.62. The van der Waals surface area contributed by atoms with Gasteiger partial charge in [0, 0.05) is 16.6 Å². The van der Waals surface area contributed by atoms with Gasteiger partial charge in [0.15, 0.2) is 0 Å². The fraction of sp³-hybridized carbons (Fsp3) is 0.308. The highest BCUT2D eigenvalue weighted by Gasteiger charge is 2.26. The van der Waals surface area contributed by atoms with Gasteiger partial charge in [-0.2, -0.15) is 0 Å². The van der Waals surface area contributed by atoms with Crippen LogP contribution in [0.3, 0.4) is 0 Å². The smallest absolute Gasteiger partial charge is 0.264 e. The highest BCUT2D eigenvalue weighted by atomic mass is 35.5. The van der Waals surface area contributed by atoms with Crippen LogP contribution in [0.15, 0.2) is 83.8 Å². The van der Waals surface area contributed by atoms with Crippen LogP contribution in [-0.4, -0.2) is 27.6 Å². The van der Waals surface area contributed by atoms with Gasteiger partial charge in [0.2, 0.25) is 0 Å². The van der Waals surface area contributed by atoms with Crippen molar-refractivity contribution in [2.24, 2.45) is 0 Å². The Morgan fingerprint density at radius 1 is 0.941 bits per heavy atom. The predicted octanol–water partition coefficient (Wildman–Crippen LogP) is 6.07. The van der Waals surface area contributed by atoms with Gasteiger partial charge >= 0.3 is 0 Å². The highest BCUT2D eigenvalue weighted by molar-refractivity contribution is 7.92. The molecule has 4 rings (SSSR count). The number of hydrogen-bond donors (Lipinski definition) is 1. The third kappa shape index (κ3) is 6.66. The van der Waals surface area contributed by atoms with E-state index in [1.54, 1.807) is 24.3 Å². The third-order valence-corrected chi connectivity index (χ3v) is 7.91. The molecule has 1 aliphatic rings. The molecule has 182 valence electrons. The summed E-state index contributed by atoms with van der Waals surface area (Å²) in [6.45, 7) is 1.81. The zero-order valence-corrected chi connectivity index (χ0v) is 21.3. The Morgan fingerprint density at radius 2 is 1.65 bits per heavy atom. The first-order valence-corrected chi connectivity index (χ1v) is 13.1. The van der Waals surface area contributed by atoms with Gasteiger partial charge in [-0.1, -0.05) is 54.4 Å². The molecule has 0 bridgehead atoms. The van der Waals surface area contributed by atoms with Crippen molar-refractivity contribution in [3.05, 3.63) is 89.4 Å².